The average Bonchev–Trinajstić information content (AvgIpc) is 3.17. The summed E-state index contributed by atoms with van der Waals surface area (Å²) in [7, 11) is -3.77. The third kappa shape index (κ3) is 5.20. The highest BCUT2D eigenvalue weighted by molar-refractivity contribution is 7.90. The van der Waals surface area contributed by atoms with Gasteiger partial charge in [0.15, 0.2) is 9.84 Å². The predicted octanol–water partition coefficient (Wildman–Crippen LogP) is 5.19. The molecule has 0 aliphatic heterocycles. The molecule has 0 bridgehead atoms. The minimum atomic E-state index is -3.77. The van der Waals surface area contributed by atoms with Crippen molar-refractivity contribution in [3.63, 3.8) is 0 Å². The van der Waals surface area contributed by atoms with Crippen LogP contribution in [0, 0.1) is 5.82 Å². The Balaban J connectivity index is 1.65. The Labute approximate surface area is 199 Å². The maximum absolute atomic E-state index is 13.6. The number of nitrogens with zero attached hydrogens (tertiary/aromatic N) is 2. The molecule has 0 aliphatic carbocycles. The quantitative estimate of drug-likeness (QED) is 0.350. The van der Waals surface area contributed by atoms with Gasteiger partial charge in [0, 0.05) is 29.7 Å². The molecule has 4 rings (SSSR count). The lowest BCUT2D eigenvalue weighted by Gasteiger charge is -2.27. The summed E-state index contributed by atoms with van der Waals surface area (Å²) in [4.78, 5) is 15.2. The van der Waals surface area contributed by atoms with Crippen molar-refractivity contribution in [3.8, 4) is 0 Å². The standard InChI is InChI=1S/C27H27FN2O3S/c1-20(2)30(16-21-9-4-3-5-10-21)27(31)18-29-17-26(24-13-6-7-14-25(24)29)34(32,33)19-22-11-8-12-23(28)15-22/h3-15,17,20H,16,18-19H2,1-2H3. The Morgan fingerprint density at radius 2 is 1.62 bits per heavy atom. The van der Waals surface area contributed by atoms with Crippen molar-refractivity contribution in [3.05, 3.63) is 102 Å². The molecule has 0 radical (unpaired) electrons. The zero-order valence-corrected chi connectivity index (χ0v) is 20.0. The number of hydrogen-bond donors (Lipinski definition) is 0. The molecule has 0 spiro atoms. The molecular formula is C27H27FN2O3S. The lowest BCUT2D eigenvalue weighted by Crippen LogP contribution is -2.38. The highest BCUT2D eigenvalue weighted by Gasteiger charge is 2.24. The third-order valence-corrected chi connectivity index (χ3v) is 7.49. The van der Waals surface area contributed by atoms with E-state index >= 15 is 0 Å². The molecule has 34 heavy (non-hydrogen) atoms. The zero-order chi connectivity index (χ0) is 24.3. The SMILES string of the molecule is CC(C)N(Cc1ccccc1)C(=O)Cn1cc(S(=O)(=O)Cc2cccc(F)c2)c2ccccc21. The second-order valence-electron chi connectivity index (χ2n) is 8.63. The second kappa shape index (κ2) is 9.81. The summed E-state index contributed by atoms with van der Waals surface area (Å²) < 4.78 is 41.8. The molecular weight excluding hydrogens is 451 g/mol. The molecule has 0 N–H and O–H groups in total. The first-order valence-corrected chi connectivity index (χ1v) is 12.8. The molecule has 0 aliphatic rings. The van der Waals surface area contributed by atoms with Gasteiger partial charge in [0.25, 0.3) is 0 Å². The number of fused-ring (bicyclic) bond motifs is 1. The number of para-hydroxylation sites is 1. The second-order valence-corrected chi connectivity index (χ2v) is 10.6. The molecule has 0 saturated heterocycles. The first-order valence-electron chi connectivity index (χ1n) is 11.1. The molecule has 0 unspecified atom stereocenters. The first-order chi connectivity index (χ1) is 16.2. The van der Waals surface area contributed by atoms with Crippen LogP contribution < -0.4 is 0 Å². The highest BCUT2D eigenvalue weighted by Crippen LogP contribution is 2.28. The van der Waals surface area contributed by atoms with E-state index in [2.05, 4.69) is 0 Å². The summed E-state index contributed by atoms with van der Waals surface area (Å²) in [6.07, 6.45) is 1.53. The van der Waals surface area contributed by atoms with E-state index in [1.54, 1.807) is 33.7 Å². The Hall–Kier alpha value is -3.45. The Kier molecular flexibility index (Phi) is 6.84. The first kappa shape index (κ1) is 23.7. The van der Waals surface area contributed by atoms with Gasteiger partial charge in [-0.25, -0.2) is 12.8 Å². The molecule has 0 atom stereocenters. The normalized spacial score (nSPS) is 11.8. The van der Waals surface area contributed by atoms with Crippen LogP contribution >= 0.6 is 0 Å². The summed E-state index contributed by atoms with van der Waals surface area (Å²) in [6.45, 7) is 4.41. The summed E-state index contributed by atoms with van der Waals surface area (Å²) in [5.41, 5.74) is 2.07. The van der Waals surface area contributed by atoms with E-state index in [0.717, 1.165) is 5.56 Å². The number of benzene rings is 3. The molecule has 3 aromatic carbocycles. The van der Waals surface area contributed by atoms with Crippen molar-refractivity contribution in [2.24, 2.45) is 0 Å². The fraction of sp³-hybridized carbons (Fsp3) is 0.222. The number of halogens is 1. The van der Waals surface area contributed by atoms with E-state index in [9.17, 15) is 17.6 Å². The van der Waals surface area contributed by atoms with Crippen molar-refractivity contribution >= 4 is 26.6 Å². The van der Waals surface area contributed by atoms with Gasteiger partial charge in [-0.15, -0.1) is 0 Å². The smallest absolute Gasteiger partial charge is 0.243 e. The van der Waals surface area contributed by atoms with E-state index in [1.165, 1.54) is 24.4 Å². The number of hydrogen-bond acceptors (Lipinski definition) is 3. The Bertz CT molecular complexity index is 1410. The molecule has 0 fully saturated rings. The average molecular weight is 479 g/mol. The number of rotatable bonds is 8. The van der Waals surface area contributed by atoms with Gasteiger partial charge in [-0.1, -0.05) is 60.7 Å². The molecule has 176 valence electrons. The third-order valence-electron chi connectivity index (χ3n) is 5.78. The van der Waals surface area contributed by atoms with Crippen molar-refractivity contribution in [1.82, 2.24) is 9.47 Å². The van der Waals surface area contributed by atoms with Crippen LogP contribution in [0.4, 0.5) is 4.39 Å². The number of aromatic nitrogens is 1. The van der Waals surface area contributed by atoms with E-state index in [-0.39, 0.29) is 29.1 Å². The summed E-state index contributed by atoms with van der Waals surface area (Å²) in [5, 5.41) is 0.547. The van der Waals surface area contributed by atoms with E-state index in [1.807, 2.05) is 50.2 Å². The van der Waals surface area contributed by atoms with Crippen molar-refractivity contribution in [2.45, 2.75) is 43.6 Å². The van der Waals surface area contributed by atoms with Crippen LogP contribution in [-0.2, 0) is 33.5 Å². The minimum Gasteiger partial charge on any atom is -0.337 e. The Morgan fingerprint density at radius 1 is 0.941 bits per heavy atom. The largest absolute Gasteiger partial charge is 0.337 e. The zero-order valence-electron chi connectivity index (χ0n) is 19.2. The number of amides is 1. The van der Waals surface area contributed by atoms with Crippen molar-refractivity contribution in [1.29, 1.82) is 0 Å². The van der Waals surface area contributed by atoms with Gasteiger partial charge in [0.2, 0.25) is 5.91 Å². The molecule has 4 aromatic rings. The Morgan fingerprint density at radius 3 is 2.32 bits per heavy atom. The van der Waals surface area contributed by atoms with Crippen LogP contribution in [0.15, 0.2) is 90.0 Å². The molecule has 5 nitrogen and oxygen atoms in total. The maximum atomic E-state index is 13.6. The molecule has 7 heteroatoms. The van der Waals surface area contributed by atoms with Crippen LogP contribution in [0.5, 0.6) is 0 Å². The lowest BCUT2D eigenvalue weighted by molar-refractivity contribution is -0.134. The van der Waals surface area contributed by atoms with Gasteiger partial charge < -0.3 is 9.47 Å². The van der Waals surface area contributed by atoms with Gasteiger partial charge in [-0.3, -0.25) is 4.79 Å². The van der Waals surface area contributed by atoms with Gasteiger partial charge in [-0.2, -0.15) is 0 Å². The molecule has 1 aromatic heterocycles. The summed E-state index contributed by atoms with van der Waals surface area (Å²) in [6, 6.07) is 22.5. The van der Waals surface area contributed by atoms with E-state index < -0.39 is 15.7 Å². The fourth-order valence-corrected chi connectivity index (χ4v) is 5.66. The van der Waals surface area contributed by atoms with Crippen molar-refractivity contribution in [2.75, 3.05) is 0 Å². The highest BCUT2D eigenvalue weighted by atomic mass is 32.2. The van der Waals surface area contributed by atoms with Crippen molar-refractivity contribution < 1.29 is 17.6 Å². The predicted molar refractivity (Wildman–Crippen MR) is 131 cm³/mol. The van der Waals surface area contributed by atoms with Crippen LogP contribution in [0.1, 0.15) is 25.0 Å². The van der Waals surface area contributed by atoms with Crippen LogP contribution in [0.25, 0.3) is 10.9 Å². The summed E-state index contributed by atoms with van der Waals surface area (Å²) >= 11 is 0. The summed E-state index contributed by atoms with van der Waals surface area (Å²) in [5.74, 6) is -0.902. The number of sulfone groups is 1. The fourth-order valence-electron chi connectivity index (χ4n) is 4.09. The van der Waals surface area contributed by atoms with Crippen LogP contribution in [0.3, 0.4) is 0 Å². The van der Waals surface area contributed by atoms with Crippen LogP contribution in [0.2, 0.25) is 0 Å². The number of carbonyl (C=O) groups is 1. The van der Waals surface area contributed by atoms with Crippen LogP contribution in [-0.4, -0.2) is 29.8 Å². The topological polar surface area (TPSA) is 59.4 Å². The monoisotopic (exact) mass is 478 g/mol. The maximum Gasteiger partial charge on any atom is 0.243 e. The molecule has 0 saturated carbocycles. The molecule has 1 heterocycles. The molecule has 1 amide bonds. The lowest BCUT2D eigenvalue weighted by atomic mass is 10.2. The number of carbonyl (C=O) groups excluding carboxylic acids is 1. The van der Waals surface area contributed by atoms with Gasteiger partial charge in [-0.05, 0) is 43.2 Å². The van der Waals surface area contributed by atoms with Gasteiger partial charge in [0.1, 0.15) is 12.4 Å². The van der Waals surface area contributed by atoms with Gasteiger partial charge >= 0.3 is 0 Å². The minimum absolute atomic E-state index is 0.0149. The van der Waals surface area contributed by atoms with E-state index in [0.29, 0.717) is 23.0 Å². The van der Waals surface area contributed by atoms with E-state index in [4.69, 9.17) is 0 Å². The van der Waals surface area contributed by atoms with Gasteiger partial charge in [0.05, 0.1) is 10.6 Å².